The van der Waals surface area contributed by atoms with Gasteiger partial charge in [-0.3, -0.25) is 0 Å². The Hall–Kier alpha value is -0.880. The molecule has 1 fully saturated rings. The number of rotatable bonds is 5. The van der Waals surface area contributed by atoms with Crippen LogP contribution in [0.3, 0.4) is 0 Å². The van der Waals surface area contributed by atoms with Crippen molar-refractivity contribution in [3.05, 3.63) is 24.3 Å². The Kier molecular flexibility index (Phi) is 4.30. The number of anilines is 1. The molecule has 2 rings (SSSR count). The Morgan fingerprint density at radius 2 is 1.95 bits per heavy atom. The van der Waals surface area contributed by atoms with Crippen molar-refractivity contribution in [2.45, 2.75) is 28.9 Å². The molecule has 0 amide bonds. The third-order valence-electron chi connectivity index (χ3n) is 3.19. The average molecular weight is 310 g/mol. The number of para-hydroxylation sites is 1. The summed E-state index contributed by atoms with van der Waals surface area (Å²) in [6, 6.07) is 5.72. The van der Waals surface area contributed by atoms with Crippen LogP contribution in [0.15, 0.2) is 29.2 Å². The van der Waals surface area contributed by atoms with E-state index in [0.29, 0.717) is 12.5 Å². The molecule has 106 valence electrons. The first-order chi connectivity index (χ1) is 8.91. The standard InChI is InChI=1S/C12H14ClF2NO2S/c13-9-5-8(6-9)7-16-10-3-1-2-4-11(10)19(17,18)12(14)15/h1-4,8-9,12,16H,5-7H2. The van der Waals surface area contributed by atoms with E-state index in [1.54, 1.807) is 6.07 Å². The van der Waals surface area contributed by atoms with Crippen molar-refractivity contribution in [2.75, 3.05) is 11.9 Å². The van der Waals surface area contributed by atoms with E-state index in [0.717, 1.165) is 12.8 Å². The van der Waals surface area contributed by atoms with Gasteiger partial charge in [0.1, 0.15) is 0 Å². The van der Waals surface area contributed by atoms with Gasteiger partial charge in [0, 0.05) is 11.9 Å². The van der Waals surface area contributed by atoms with Gasteiger partial charge in [-0.2, -0.15) is 8.78 Å². The second-order valence-corrected chi connectivity index (χ2v) is 7.12. The predicted octanol–water partition coefficient (Wildman–Crippen LogP) is 3.11. The Labute approximate surface area is 115 Å². The topological polar surface area (TPSA) is 46.2 Å². The molecule has 0 saturated heterocycles. The van der Waals surface area contributed by atoms with E-state index < -0.39 is 15.6 Å². The summed E-state index contributed by atoms with van der Waals surface area (Å²) < 4.78 is 48.2. The van der Waals surface area contributed by atoms with Crippen LogP contribution in [0, 0.1) is 5.92 Å². The Bertz CT molecular complexity index is 544. The molecule has 1 saturated carbocycles. The maximum atomic E-state index is 12.6. The zero-order chi connectivity index (χ0) is 14.0. The van der Waals surface area contributed by atoms with E-state index in [9.17, 15) is 17.2 Å². The molecule has 0 aromatic heterocycles. The molecular weight excluding hydrogens is 296 g/mol. The summed E-state index contributed by atoms with van der Waals surface area (Å²) in [6.07, 6.45) is 1.72. The van der Waals surface area contributed by atoms with E-state index in [1.165, 1.54) is 18.2 Å². The lowest BCUT2D eigenvalue weighted by Gasteiger charge is -2.31. The van der Waals surface area contributed by atoms with Crippen molar-refractivity contribution in [3.8, 4) is 0 Å². The van der Waals surface area contributed by atoms with Gasteiger partial charge in [-0.1, -0.05) is 12.1 Å². The molecule has 0 bridgehead atoms. The van der Waals surface area contributed by atoms with Crippen molar-refractivity contribution >= 4 is 27.1 Å². The summed E-state index contributed by atoms with van der Waals surface area (Å²) in [5, 5.41) is 3.10. The van der Waals surface area contributed by atoms with Crippen LogP contribution in [0.4, 0.5) is 14.5 Å². The molecule has 1 N–H and O–H groups in total. The number of hydrogen-bond donors (Lipinski definition) is 1. The van der Waals surface area contributed by atoms with Crippen molar-refractivity contribution in [1.82, 2.24) is 0 Å². The average Bonchev–Trinajstić information content (AvgIpc) is 2.33. The molecule has 0 atom stereocenters. The first kappa shape index (κ1) is 14.5. The first-order valence-electron chi connectivity index (χ1n) is 5.90. The minimum absolute atomic E-state index is 0.173. The molecule has 7 heteroatoms. The predicted molar refractivity (Wildman–Crippen MR) is 70.5 cm³/mol. The van der Waals surface area contributed by atoms with Gasteiger partial charge in [-0.15, -0.1) is 11.6 Å². The van der Waals surface area contributed by atoms with Gasteiger partial charge in [-0.25, -0.2) is 8.42 Å². The van der Waals surface area contributed by atoms with E-state index >= 15 is 0 Å². The number of alkyl halides is 3. The third-order valence-corrected chi connectivity index (χ3v) is 4.98. The van der Waals surface area contributed by atoms with Gasteiger partial charge in [0.05, 0.1) is 10.6 Å². The van der Waals surface area contributed by atoms with E-state index in [-0.39, 0.29) is 16.0 Å². The first-order valence-corrected chi connectivity index (χ1v) is 7.88. The molecule has 0 aliphatic heterocycles. The number of benzene rings is 1. The van der Waals surface area contributed by atoms with Crippen molar-refractivity contribution in [2.24, 2.45) is 5.92 Å². The van der Waals surface area contributed by atoms with Crippen LogP contribution < -0.4 is 5.32 Å². The van der Waals surface area contributed by atoms with Gasteiger partial charge in [0.2, 0.25) is 9.84 Å². The Balaban J connectivity index is 2.13. The number of halogens is 3. The summed E-state index contributed by atoms with van der Waals surface area (Å²) in [4.78, 5) is -0.355. The van der Waals surface area contributed by atoms with Crippen LogP contribution >= 0.6 is 11.6 Å². The van der Waals surface area contributed by atoms with Gasteiger partial charge < -0.3 is 5.32 Å². The SMILES string of the molecule is O=S(=O)(c1ccccc1NCC1CC(Cl)C1)C(F)F. The third kappa shape index (κ3) is 3.17. The molecule has 1 aliphatic carbocycles. The molecular formula is C12H14ClF2NO2S. The van der Waals surface area contributed by atoms with Crippen LogP contribution in [-0.4, -0.2) is 26.1 Å². The molecule has 1 aliphatic rings. The second-order valence-electron chi connectivity index (χ2n) is 4.62. The van der Waals surface area contributed by atoms with Crippen LogP contribution in [0.5, 0.6) is 0 Å². The molecule has 1 aromatic rings. The lowest BCUT2D eigenvalue weighted by atomic mass is 9.85. The van der Waals surface area contributed by atoms with E-state index in [2.05, 4.69) is 5.32 Å². The number of hydrogen-bond acceptors (Lipinski definition) is 3. The van der Waals surface area contributed by atoms with Crippen LogP contribution in [-0.2, 0) is 9.84 Å². The van der Waals surface area contributed by atoms with Crippen molar-refractivity contribution < 1.29 is 17.2 Å². The van der Waals surface area contributed by atoms with Gasteiger partial charge >= 0.3 is 5.76 Å². The van der Waals surface area contributed by atoms with Crippen LogP contribution in [0.25, 0.3) is 0 Å². The molecule has 1 aromatic carbocycles. The maximum absolute atomic E-state index is 12.6. The fourth-order valence-electron chi connectivity index (χ4n) is 2.03. The molecule has 0 spiro atoms. The van der Waals surface area contributed by atoms with Gasteiger partial charge in [0.25, 0.3) is 0 Å². The highest BCUT2D eigenvalue weighted by Gasteiger charge is 2.30. The zero-order valence-corrected chi connectivity index (χ0v) is 11.6. The van der Waals surface area contributed by atoms with Gasteiger partial charge in [-0.05, 0) is 30.9 Å². The monoisotopic (exact) mass is 309 g/mol. The summed E-state index contributed by atoms with van der Waals surface area (Å²) in [7, 11) is -4.58. The largest absolute Gasteiger partial charge is 0.384 e. The summed E-state index contributed by atoms with van der Waals surface area (Å²) in [5.41, 5.74) is 0.223. The fourth-order valence-corrected chi connectivity index (χ4v) is 3.44. The molecule has 0 radical (unpaired) electrons. The van der Waals surface area contributed by atoms with Gasteiger partial charge in [0.15, 0.2) is 0 Å². The normalized spacial score (nSPS) is 23.2. The molecule has 0 unspecified atom stereocenters. The maximum Gasteiger partial charge on any atom is 0.341 e. The van der Waals surface area contributed by atoms with Crippen molar-refractivity contribution in [1.29, 1.82) is 0 Å². The minimum Gasteiger partial charge on any atom is -0.384 e. The lowest BCUT2D eigenvalue weighted by Crippen LogP contribution is -2.30. The molecule has 3 nitrogen and oxygen atoms in total. The minimum atomic E-state index is -4.58. The highest BCUT2D eigenvalue weighted by Crippen LogP contribution is 2.33. The number of nitrogens with one attached hydrogen (secondary N) is 1. The number of sulfone groups is 1. The summed E-state index contributed by atoms with van der Waals surface area (Å²) in [5.74, 6) is -3.05. The Morgan fingerprint density at radius 3 is 2.53 bits per heavy atom. The Morgan fingerprint density at radius 1 is 1.32 bits per heavy atom. The summed E-state index contributed by atoms with van der Waals surface area (Å²) >= 11 is 5.85. The van der Waals surface area contributed by atoms with Crippen molar-refractivity contribution in [3.63, 3.8) is 0 Å². The fraction of sp³-hybridized carbons (Fsp3) is 0.500. The zero-order valence-electron chi connectivity index (χ0n) is 10.0. The highest BCUT2D eigenvalue weighted by molar-refractivity contribution is 7.91. The van der Waals surface area contributed by atoms with Crippen LogP contribution in [0.1, 0.15) is 12.8 Å². The quantitative estimate of drug-likeness (QED) is 0.850. The van der Waals surface area contributed by atoms with E-state index in [4.69, 9.17) is 11.6 Å². The lowest BCUT2D eigenvalue weighted by molar-refractivity contribution is 0.235. The highest BCUT2D eigenvalue weighted by atomic mass is 35.5. The van der Waals surface area contributed by atoms with Crippen LogP contribution in [0.2, 0.25) is 0 Å². The summed E-state index contributed by atoms with van der Waals surface area (Å²) in [6.45, 7) is 0.541. The smallest absolute Gasteiger partial charge is 0.341 e. The molecule has 19 heavy (non-hydrogen) atoms. The van der Waals surface area contributed by atoms with E-state index in [1.807, 2.05) is 0 Å². The second kappa shape index (κ2) is 5.63. The molecule has 0 heterocycles.